The molecule has 0 saturated carbocycles. The molecule has 0 bridgehead atoms. The summed E-state index contributed by atoms with van der Waals surface area (Å²) in [5.74, 6) is 0.430. The fraction of sp³-hybridized carbons (Fsp3) is 0.909. The lowest BCUT2D eigenvalue weighted by atomic mass is 9.93. The molecule has 1 rings (SSSR count). The molecule has 4 heteroatoms. The highest BCUT2D eigenvalue weighted by Gasteiger charge is 2.30. The summed E-state index contributed by atoms with van der Waals surface area (Å²) in [4.78, 5) is 13.3. The largest absolute Gasteiger partial charge is 0.368 e. The lowest BCUT2D eigenvalue weighted by molar-refractivity contribution is -0.123. The van der Waals surface area contributed by atoms with Gasteiger partial charge in [-0.3, -0.25) is 4.79 Å². The molecular weight excluding hydrogens is 190 g/mol. The zero-order valence-corrected chi connectivity index (χ0v) is 9.83. The Bertz CT molecular complexity index is 220. The zero-order chi connectivity index (χ0) is 11.5. The first-order valence-electron chi connectivity index (χ1n) is 5.77. The summed E-state index contributed by atoms with van der Waals surface area (Å²) in [6.07, 6.45) is 3.68. The van der Waals surface area contributed by atoms with E-state index in [4.69, 9.17) is 11.5 Å². The van der Waals surface area contributed by atoms with Gasteiger partial charge in [0.1, 0.15) is 5.54 Å². The van der Waals surface area contributed by atoms with Crippen LogP contribution in [0.2, 0.25) is 0 Å². The first-order valence-corrected chi connectivity index (χ1v) is 5.77. The average molecular weight is 213 g/mol. The fourth-order valence-electron chi connectivity index (χ4n) is 2.10. The van der Waals surface area contributed by atoms with Crippen molar-refractivity contribution < 1.29 is 4.79 Å². The van der Waals surface area contributed by atoms with E-state index in [0.29, 0.717) is 6.54 Å². The zero-order valence-electron chi connectivity index (χ0n) is 9.83. The van der Waals surface area contributed by atoms with Crippen molar-refractivity contribution in [1.29, 1.82) is 0 Å². The second kappa shape index (κ2) is 4.94. The van der Waals surface area contributed by atoms with Crippen molar-refractivity contribution in [3.8, 4) is 0 Å². The molecule has 0 aromatic heterocycles. The third-order valence-electron chi connectivity index (χ3n) is 3.40. The second-order valence-corrected chi connectivity index (χ2v) is 4.91. The van der Waals surface area contributed by atoms with Crippen LogP contribution in [-0.2, 0) is 4.79 Å². The molecule has 1 fully saturated rings. The minimum absolute atomic E-state index is 0.417. The molecule has 0 spiro atoms. The summed E-state index contributed by atoms with van der Waals surface area (Å²) in [5.41, 5.74) is 10.2. The summed E-state index contributed by atoms with van der Waals surface area (Å²) < 4.78 is 0. The van der Waals surface area contributed by atoms with Gasteiger partial charge in [-0.1, -0.05) is 13.3 Å². The number of carbonyl (C=O) groups is 1. The molecular formula is C11H23N3O. The summed E-state index contributed by atoms with van der Waals surface area (Å²) in [6, 6.07) is 0. The first kappa shape index (κ1) is 12.5. The third kappa shape index (κ3) is 3.47. The van der Waals surface area contributed by atoms with Gasteiger partial charge in [-0.15, -0.1) is 0 Å². The number of nitrogens with zero attached hydrogens (tertiary/aromatic N) is 1. The predicted molar refractivity (Wildman–Crippen MR) is 61.2 cm³/mol. The van der Waals surface area contributed by atoms with Crippen LogP contribution in [0.25, 0.3) is 0 Å². The SMILES string of the molecule is CCC1CCN(CC(C)(N)C(N)=O)CC1. The van der Waals surface area contributed by atoms with E-state index in [0.717, 1.165) is 19.0 Å². The maximum atomic E-state index is 11.1. The van der Waals surface area contributed by atoms with Crippen LogP contribution in [0, 0.1) is 5.92 Å². The lowest BCUT2D eigenvalue weighted by Crippen LogP contribution is -2.57. The number of carbonyl (C=O) groups excluding carboxylic acids is 1. The Morgan fingerprint density at radius 1 is 1.47 bits per heavy atom. The lowest BCUT2D eigenvalue weighted by Gasteiger charge is -2.35. The van der Waals surface area contributed by atoms with Crippen molar-refractivity contribution in [1.82, 2.24) is 4.90 Å². The Morgan fingerprint density at radius 2 is 2.00 bits per heavy atom. The minimum Gasteiger partial charge on any atom is -0.368 e. The van der Waals surface area contributed by atoms with Crippen LogP contribution in [0.15, 0.2) is 0 Å². The molecule has 1 atom stereocenters. The number of primary amides is 1. The molecule has 1 aliphatic rings. The van der Waals surface area contributed by atoms with Gasteiger partial charge >= 0.3 is 0 Å². The van der Waals surface area contributed by atoms with Crippen LogP contribution in [0.5, 0.6) is 0 Å². The standard InChI is InChI=1S/C11H23N3O/c1-3-9-4-6-14(7-5-9)8-11(2,13)10(12)15/h9H,3-8,13H2,1-2H3,(H2,12,15). The van der Waals surface area contributed by atoms with Gasteiger partial charge in [-0.2, -0.15) is 0 Å². The predicted octanol–water partition coefficient (Wildman–Crippen LogP) is 0.311. The molecule has 1 unspecified atom stereocenters. The molecule has 0 aromatic rings. The van der Waals surface area contributed by atoms with Gasteiger partial charge < -0.3 is 16.4 Å². The first-order chi connectivity index (χ1) is 6.95. The van der Waals surface area contributed by atoms with Crippen LogP contribution in [0.4, 0.5) is 0 Å². The number of piperidine rings is 1. The molecule has 0 aromatic carbocycles. The van der Waals surface area contributed by atoms with E-state index >= 15 is 0 Å². The van der Waals surface area contributed by atoms with Crippen LogP contribution in [0.1, 0.15) is 33.1 Å². The van der Waals surface area contributed by atoms with E-state index in [1.807, 2.05) is 0 Å². The Morgan fingerprint density at radius 3 is 2.40 bits per heavy atom. The second-order valence-electron chi connectivity index (χ2n) is 4.91. The van der Waals surface area contributed by atoms with Crippen molar-refractivity contribution in [3.05, 3.63) is 0 Å². The normalized spacial score (nSPS) is 23.7. The van der Waals surface area contributed by atoms with Gasteiger partial charge in [0.15, 0.2) is 0 Å². The van der Waals surface area contributed by atoms with E-state index < -0.39 is 11.4 Å². The van der Waals surface area contributed by atoms with Gasteiger partial charge in [-0.25, -0.2) is 0 Å². The number of rotatable bonds is 4. The van der Waals surface area contributed by atoms with E-state index in [1.54, 1.807) is 6.92 Å². The summed E-state index contributed by atoms with van der Waals surface area (Å²) >= 11 is 0. The number of hydrogen-bond donors (Lipinski definition) is 2. The van der Waals surface area contributed by atoms with E-state index in [1.165, 1.54) is 19.3 Å². The van der Waals surface area contributed by atoms with Gasteiger partial charge in [0.2, 0.25) is 5.91 Å². The van der Waals surface area contributed by atoms with Crippen molar-refractivity contribution in [2.75, 3.05) is 19.6 Å². The van der Waals surface area contributed by atoms with Gasteiger partial charge in [0.05, 0.1) is 0 Å². The molecule has 1 saturated heterocycles. The highest BCUT2D eigenvalue weighted by Crippen LogP contribution is 2.20. The topological polar surface area (TPSA) is 72.3 Å². The van der Waals surface area contributed by atoms with Gasteiger partial charge in [0, 0.05) is 6.54 Å². The monoisotopic (exact) mass is 213 g/mol. The summed E-state index contributed by atoms with van der Waals surface area (Å²) in [5, 5.41) is 0. The summed E-state index contributed by atoms with van der Waals surface area (Å²) in [7, 11) is 0. The molecule has 88 valence electrons. The van der Waals surface area contributed by atoms with Gasteiger partial charge in [-0.05, 0) is 38.8 Å². The van der Waals surface area contributed by atoms with E-state index in [-0.39, 0.29) is 0 Å². The third-order valence-corrected chi connectivity index (χ3v) is 3.40. The average Bonchev–Trinajstić information content (AvgIpc) is 2.18. The van der Waals surface area contributed by atoms with Crippen LogP contribution >= 0.6 is 0 Å². The molecule has 15 heavy (non-hydrogen) atoms. The van der Waals surface area contributed by atoms with Crippen molar-refractivity contribution >= 4 is 5.91 Å². The molecule has 1 heterocycles. The van der Waals surface area contributed by atoms with Crippen molar-refractivity contribution in [2.45, 2.75) is 38.6 Å². The number of hydrogen-bond acceptors (Lipinski definition) is 3. The molecule has 0 aliphatic carbocycles. The molecule has 4 nitrogen and oxygen atoms in total. The summed E-state index contributed by atoms with van der Waals surface area (Å²) in [6.45, 7) is 6.61. The number of likely N-dealkylation sites (tertiary alicyclic amines) is 1. The Labute approximate surface area is 92.0 Å². The Kier molecular flexibility index (Phi) is 4.11. The van der Waals surface area contributed by atoms with E-state index in [9.17, 15) is 4.79 Å². The number of amides is 1. The molecule has 4 N–H and O–H groups in total. The quantitative estimate of drug-likeness (QED) is 0.706. The molecule has 0 radical (unpaired) electrons. The van der Waals surface area contributed by atoms with Crippen molar-refractivity contribution in [2.24, 2.45) is 17.4 Å². The fourth-order valence-corrected chi connectivity index (χ4v) is 2.10. The van der Waals surface area contributed by atoms with Crippen molar-refractivity contribution in [3.63, 3.8) is 0 Å². The molecule has 1 aliphatic heterocycles. The highest BCUT2D eigenvalue weighted by molar-refractivity contribution is 5.84. The Hall–Kier alpha value is -0.610. The smallest absolute Gasteiger partial charge is 0.238 e. The Balaban J connectivity index is 2.38. The van der Waals surface area contributed by atoms with E-state index in [2.05, 4.69) is 11.8 Å². The van der Waals surface area contributed by atoms with Crippen LogP contribution in [-0.4, -0.2) is 36.0 Å². The highest BCUT2D eigenvalue weighted by atomic mass is 16.1. The van der Waals surface area contributed by atoms with Crippen LogP contribution < -0.4 is 11.5 Å². The maximum Gasteiger partial charge on any atom is 0.238 e. The number of nitrogens with two attached hydrogens (primary N) is 2. The van der Waals surface area contributed by atoms with Gasteiger partial charge in [0.25, 0.3) is 0 Å². The minimum atomic E-state index is -0.890. The molecule has 1 amide bonds. The van der Waals surface area contributed by atoms with Crippen LogP contribution in [0.3, 0.4) is 0 Å². The maximum absolute atomic E-state index is 11.1.